The highest BCUT2D eigenvalue weighted by atomic mass is 32.1. The third-order valence-electron chi connectivity index (χ3n) is 3.48. The first-order valence-electron chi connectivity index (χ1n) is 8.15. The molecule has 2 aromatic heterocycles. The van der Waals surface area contributed by atoms with Crippen molar-refractivity contribution in [1.82, 2.24) is 15.5 Å². The molecule has 0 aliphatic carbocycles. The lowest BCUT2D eigenvalue weighted by Crippen LogP contribution is -2.34. The van der Waals surface area contributed by atoms with Crippen molar-refractivity contribution in [2.75, 3.05) is 11.9 Å². The highest BCUT2D eigenvalue weighted by molar-refractivity contribution is 7.80. The molecule has 0 saturated heterocycles. The SMILES string of the molecule is CCCCCOc1ccc(NC(=S)NC(=O)c2c(C)noc2C)cn1. The van der Waals surface area contributed by atoms with E-state index in [1.165, 1.54) is 0 Å². The Hall–Kier alpha value is -2.48. The fourth-order valence-corrected chi connectivity index (χ4v) is 2.41. The molecule has 0 spiro atoms. The van der Waals surface area contributed by atoms with Crippen LogP contribution >= 0.6 is 12.2 Å². The van der Waals surface area contributed by atoms with Crippen molar-refractivity contribution in [3.05, 3.63) is 35.3 Å². The van der Waals surface area contributed by atoms with Crippen molar-refractivity contribution < 1.29 is 14.1 Å². The summed E-state index contributed by atoms with van der Waals surface area (Å²) in [5.41, 5.74) is 1.56. The second-order valence-corrected chi connectivity index (χ2v) is 5.96. The third-order valence-corrected chi connectivity index (χ3v) is 3.68. The number of nitrogens with zero attached hydrogens (tertiary/aromatic N) is 2. The zero-order chi connectivity index (χ0) is 18.2. The number of aromatic nitrogens is 2. The molecule has 0 unspecified atom stereocenters. The topological polar surface area (TPSA) is 89.3 Å². The average Bonchev–Trinajstić information content (AvgIpc) is 2.91. The van der Waals surface area contributed by atoms with Gasteiger partial charge in [-0.15, -0.1) is 0 Å². The summed E-state index contributed by atoms with van der Waals surface area (Å²) in [4.78, 5) is 16.4. The molecule has 2 heterocycles. The molecule has 1 amide bonds. The van der Waals surface area contributed by atoms with Crippen LogP contribution in [0.5, 0.6) is 5.88 Å². The van der Waals surface area contributed by atoms with Gasteiger partial charge in [0.05, 0.1) is 24.2 Å². The van der Waals surface area contributed by atoms with Crippen LogP contribution in [-0.4, -0.2) is 27.8 Å². The number of hydrogen-bond acceptors (Lipinski definition) is 6. The van der Waals surface area contributed by atoms with Crippen LogP contribution in [0.1, 0.15) is 48.0 Å². The Morgan fingerprint density at radius 1 is 1.32 bits per heavy atom. The van der Waals surface area contributed by atoms with Gasteiger partial charge in [0, 0.05) is 6.07 Å². The fraction of sp³-hybridized carbons (Fsp3) is 0.412. The van der Waals surface area contributed by atoms with Gasteiger partial charge in [0.2, 0.25) is 5.88 Å². The summed E-state index contributed by atoms with van der Waals surface area (Å²) in [5.74, 6) is 0.647. The summed E-state index contributed by atoms with van der Waals surface area (Å²) >= 11 is 5.15. The van der Waals surface area contributed by atoms with Gasteiger partial charge in [0.25, 0.3) is 5.91 Å². The summed E-state index contributed by atoms with van der Waals surface area (Å²) < 4.78 is 10.5. The number of nitrogens with one attached hydrogen (secondary N) is 2. The van der Waals surface area contributed by atoms with Gasteiger partial charge in [0.15, 0.2) is 5.11 Å². The standard InChI is InChI=1S/C17H22N4O3S/c1-4-5-6-9-23-14-8-7-13(10-18-14)19-17(25)20-16(22)15-11(2)21-24-12(15)3/h7-8,10H,4-6,9H2,1-3H3,(H2,19,20,22,25). The average molecular weight is 362 g/mol. The largest absolute Gasteiger partial charge is 0.478 e. The number of anilines is 1. The Balaban J connectivity index is 1.85. The molecule has 7 nitrogen and oxygen atoms in total. The first-order valence-corrected chi connectivity index (χ1v) is 8.56. The Morgan fingerprint density at radius 2 is 2.12 bits per heavy atom. The Morgan fingerprint density at radius 3 is 2.72 bits per heavy atom. The molecule has 2 N–H and O–H groups in total. The Labute approximate surface area is 152 Å². The predicted molar refractivity (Wildman–Crippen MR) is 98.9 cm³/mol. The molecule has 2 rings (SSSR count). The zero-order valence-electron chi connectivity index (χ0n) is 14.6. The van der Waals surface area contributed by atoms with Gasteiger partial charge in [0.1, 0.15) is 11.3 Å². The molecule has 0 atom stereocenters. The van der Waals surface area contributed by atoms with Gasteiger partial charge >= 0.3 is 0 Å². The molecule has 25 heavy (non-hydrogen) atoms. The van der Waals surface area contributed by atoms with Crippen molar-refractivity contribution >= 4 is 28.9 Å². The van der Waals surface area contributed by atoms with Gasteiger partial charge in [-0.1, -0.05) is 24.9 Å². The maximum absolute atomic E-state index is 12.2. The first-order chi connectivity index (χ1) is 12.0. The monoisotopic (exact) mass is 362 g/mol. The van der Waals surface area contributed by atoms with Crippen LogP contribution in [0.15, 0.2) is 22.9 Å². The second-order valence-electron chi connectivity index (χ2n) is 5.55. The van der Waals surface area contributed by atoms with E-state index in [4.69, 9.17) is 21.5 Å². The molecule has 8 heteroatoms. The van der Waals surface area contributed by atoms with Crippen molar-refractivity contribution in [3.63, 3.8) is 0 Å². The second kappa shape index (κ2) is 9.12. The summed E-state index contributed by atoms with van der Waals surface area (Å²) in [6.45, 7) is 6.17. The number of hydrogen-bond donors (Lipinski definition) is 2. The van der Waals surface area contributed by atoms with Crippen LogP contribution in [0, 0.1) is 13.8 Å². The van der Waals surface area contributed by atoms with E-state index < -0.39 is 0 Å². The minimum Gasteiger partial charge on any atom is -0.478 e. The van der Waals surface area contributed by atoms with Crippen LogP contribution in [-0.2, 0) is 0 Å². The number of carbonyl (C=O) groups is 1. The van der Waals surface area contributed by atoms with Crippen LogP contribution in [0.2, 0.25) is 0 Å². The van der Waals surface area contributed by atoms with E-state index in [-0.39, 0.29) is 11.0 Å². The number of pyridine rings is 1. The van der Waals surface area contributed by atoms with E-state index in [9.17, 15) is 4.79 Å². The fourth-order valence-electron chi connectivity index (χ4n) is 2.20. The molecule has 0 bridgehead atoms. The lowest BCUT2D eigenvalue weighted by Gasteiger charge is -2.10. The number of rotatable bonds is 7. The van der Waals surface area contributed by atoms with Crippen LogP contribution in [0.4, 0.5) is 5.69 Å². The highest BCUT2D eigenvalue weighted by Gasteiger charge is 2.18. The molecule has 134 valence electrons. The molecule has 0 radical (unpaired) electrons. The highest BCUT2D eigenvalue weighted by Crippen LogP contribution is 2.14. The predicted octanol–water partition coefficient (Wildman–Crippen LogP) is 3.38. The van der Waals surface area contributed by atoms with Gasteiger partial charge in [-0.2, -0.15) is 0 Å². The van der Waals surface area contributed by atoms with E-state index in [0.717, 1.165) is 19.3 Å². The lowest BCUT2D eigenvalue weighted by atomic mass is 10.2. The number of thiocarbonyl (C=S) groups is 1. The molecule has 0 aromatic carbocycles. The molecule has 0 aliphatic heterocycles. The summed E-state index contributed by atoms with van der Waals surface area (Å²) in [6.07, 6.45) is 4.90. The Kier molecular flexibility index (Phi) is 6.88. The van der Waals surface area contributed by atoms with E-state index in [1.807, 2.05) is 0 Å². The normalized spacial score (nSPS) is 10.4. The number of ether oxygens (including phenoxy) is 1. The third kappa shape index (κ3) is 5.53. The Bertz CT molecular complexity index is 708. The van der Waals surface area contributed by atoms with Gasteiger partial charge in [-0.25, -0.2) is 4.98 Å². The van der Waals surface area contributed by atoms with Crippen molar-refractivity contribution in [1.29, 1.82) is 0 Å². The van der Waals surface area contributed by atoms with E-state index >= 15 is 0 Å². The van der Waals surface area contributed by atoms with Crippen molar-refractivity contribution in [2.45, 2.75) is 40.0 Å². The number of unbranched alkanes of at least 4 members (excludes halogenated alkanes) is 2. The number of aryl methyl sites for hydroxylation is 2. The smallest absolute Gasteiger partial charge is 0.262 e. The molecular formula is C17H22N4O3S. The minimum absolute atomic E-state index is 0.170. The van der Waals surface area contributed by atoms with Crippen LogP contribution in [0.25, 0.3) is 0 Å². The summed E-state index contributed by atoms with van der Waals surface area (Å²) in [7, 11) is 0. The van der Waals surface area contributed by atoms with Crippen molar-refractivity contribution in [3.8, 4) is 5.88 Å². The number of amides is 1. The van der Waals surface area contributed by atoms with Gasteiger partial charge in [-0.05, 0) is 38.6 Å². The van der Waals surface area contributed by atoms with Gasteiger partial charge < -0.3 is 14.6 Å². The van der Waals surface area contributed by atoms with E-state index in [2.05, 4.69) is 27.7 Å². The zero-order valence-corrected chi connectivity index (χ0v) is 15.4. The van der Waals surface area contributed by atoms with Crippen LogP contribution in [0.3, 0.4) is 0 Å². The molecular weight excluding hydrogens is 340 g/mol. The van der Waals surface area contributed by atoms with Crippen molar-refractivity contribution in [2.24, 2.45) is 0 Å². The molecule has 2 aromatic rings. The molecule has 0 aliphatic rings. The van der Waals surface area contributed by atoms with E-state index in [1.54, 1.807) is 32.2 Å². The quantitative estimate of drug-likeness (QED) is 0.576. The van der Waals surface area contributed by atoms with Gasteiger partial charge in [-0.3, -0.25) is 10.1 Å². The summed E-state index contributed by atoms with van der Waals surface area (Å²) in [5, 5.41) is 9.43. The lowest BCUT2D eigenvalue weighted by molar-refractivity contribution is 0.0975. The molecule has 0 saturated carbocycles. The van der Waals surface area contributed by atoms with E-state index in [0.29, 0.717) is 35.2 Å². The maximum atomic E-state index is 12.2. The first kappa shape index (κ1) is 18.9. The minimum atomic E-state index is -0.363. The maximum Gasteiger partial charge on any atom is 0.262 e. The summed E-state index contributed by atoms with van der Waals surface area (Å²) in [6, 6.07) is 3.55. The van der Waals surface area contributed by atoms with Crippen LogP contribution < -0.4 is 15.4 Å². The number of carbonyl (C=O) groups excluding carboxylic acids is 1. The molecule has 0 fully saturated rings.